The standard InChI is InChI=1S/C4H5N3O3/c5-7-3-2(4(8)9)10-1-6-3/h1,7H,5H2,(H,8,9). The average molecular weight is 143 g/mol. The number of nitrogens with zero attached hydrogens (tertiary/aromatic N) is 1. The van der Waals surface area contributed by atoms with Crippen molar-refractivity contribution < 1.29 is 14.3 Å². The highest BCUT2D eigenvalue weighted by Crippen LogP contribution is 2.09. The van der Waals surface area contributed by atoms with Gasteiger partial charge in [-0.3, -0.25) is 0 Å². The SMILES string of the molecule is NNc1ncoc1C(=O)O. The second kappa shape index (κ2) is 2.36. The van der Waals surface area contributed by atoms with E-state index < -0.39 is 5.97 Å². The molecule has 0 radical (unpaired) electrons. The smallest absolute Gasteiger partial charge is 0.375 e. The Bertz CT molecular complexity index is 244. The van der Waals surface area contributed by atoms with Crippen LogP contribution in [0.4, 0.5) is 5.82 Å². The van der Waals surface area contributed by atoms with Crippen molar-refractivity contribution in [1.82, 2.24) is 4.98 Å². The molecule has 0 aliphatic carbocycles. The van der Waals surface area contributed by atoms with Gasteiger partial charge in [0.05, 0.1) is 0 Å². The minimum Gasteiger partial charge on any atom is -0.475 e. The molecule has 0 saturated heterocycles. The van der Waals surface area contributed by atoms with Crippen LogP contribution in [0.15, 0.2) is 10.8 Å². The highest BCUT2D eigenvalue weighted by Gasteiger charge is 2.13. The molecule has 1 aromatic heterocycles. The van der Waals surface area contributed by atoms with E-state index in [2.05, 4.69) is 14.8 Å². The maximum atomic E-state index is 10.2. The van der Waals surface area contributed by atoms with Gasteiger partial charge in [-0.2, -0.15) is 4.98 Å². The lowest BCUT2D eigenvalue weighted by molar-refractivity contribution is 0.0664. The minimum atomic E-state index is -1.20. The molecular formula is C4H5N3O3. The van der Waals surface area contributed by atoms with Crippen molar-refractivity contribution in [3.05, 3.63) is 12.2 Å². The first kappa shape index (κ1) is 6.56. The maximum absolute atomic E-state index is 10.2. The number of nitrogens with one attached hydrogen (secondary N) is 1. The van der Waals surface area contributed by atoms with Crippen LogP contribution in [0, 0.1) is 0 Å². The fraction of sp³-hybridized carbons (Fsp3) is 0. The van der Waals surface area contributed by atoms with Gasteiger partial charge < -0.3 is 14.9 Å². The zero-order valence-electron chi connectivity index (χ0n) is 4.87. The summed E-state index contributed by atoms with van der Waals surface area (Å²) in [6.45, 7) is 0. The van der Waals surface area contributed by atoms with Crippen LogP contribution in [0.1, 0.15) is 10.6 Å². The highest BCUT2D eigenvalue weighted by molar-refractivity contribution is 5.89. The van der Waals surface area contributed by atoms with Gasteiger partial charge in [0.25, 0.3) is 5.76 Å². The molecule has 0 aliphatic heterocycles. The fourth-order valence-corrected chi connectivity index (χ4v) is 0.501. The molecule has 54 valence electrons. The molecule has 0 fully saturated rings. The molecule has 4 N–H and O–H groups in total. The van der Waals surface area contributed by atoms with Crippen LogP contribution in [-0.4, -0.2) is 16.1 Å². The van der Waals surface area contributed by atoms with E-state index in [0.29, 0.717) is 0 Å². The molecule has 0 aliphatic rings. The van der Waals surface area contributed by atoms with Crippen LogP contribution < -0.4 is 11.3 Å². The number of nitrogens with two attached hydrogens (primary N) is 1. The Morgan fingerprint density at radius 3 is 3.00 bits per heavy atom. The molecule has 1 rings (SSSR count). The number of carbonyl (C=O) groups is 1. The third-order valence-corrected chi connectivity index (χ3v) is 0.898. The Hall–Kier alpha value is -1.56. The van der Waals surface area contributed by atoms with Crippen molar-refractivity contribution in [3.8, 4) is 0 Å². The minimum absolute atomic E-state index is 0.0208. The molecular weight excluding hydrogens is 138 g/mol. The van der Waals surface area contributed by atoms with Gasteiger partial charge in [0.1, 0.15) is 0 Å². The number of hydrogen-bond acceptors (Lipinski definition) is 5. The molecule has 10 heavy (non-hydrogen) atoms. The summed E-state index contributed by atoms with van der Waals surface area (Å²) in [4.78, 5) is 13.7. The van der Waals surface area contributed by atoms with Gasteiger partial charge in [-0.25, -0.2) is 10.6 Å². The Balaban J connectivity index is 3.01. The normalized spacial score (nSPS) is 9.30. The van der Waals surface area contributed by atoms with Crippen LogP contribution in [-0.2, 0) is 0 Å². The van der Waals surface area contributed by atoms with E-state index in [-0.39, 0.29) is 11.6 Å². The van der Waals surface area contributed by atoms with E-state index in [9.17, 15) is 4.79 Å². The maximum Gasteiger partial charge on any atom is 0.375 e. The molecule has 1 heterocycles. The molecule has 0 unspecified atom stereocenters. The van der Waals surface area contributed by atoms with Crippen molar-refractivity contribution in [2.24, 2.45) is 5.84 Å². The topological polar surface area (TPSA) is 101 Å². The van der Waals surface area contributed by atoms with Crippen molar-refractivity contribution >= 4 is 11.8 Å². The number of oxazole rings is 1. The lowest BCUT2D eigenvalue weighted by Crippen LogP contribution is -2.10. The second-order valence-electron chi connectivity index (χ2n) is 1.48. The summed E-state index contributed by atoms with van der Waals surface area (Å²) in [6, 6.07) is 0. The first-order chi connectivity index (χ1) is 4.75. The fourth-order valence-electron chi connectivity index (χ4n) is 0.501. The number of anilines is 1. The summed E-state index contributed by atoms with van der Waals surface area (Å²) >= 11 is 0. The predicted molar refractivity (Wildman–Crippen MR) is 31.3 cm³/mol. The van der Waals surface area contributed by atoms with Crippen molar-refractivity contribution in [2.75, 3.05) is 5.43 Å². The Morgan fingerprint density at radius 1 is 1.90 bits per heavy atom. The van der Waals surface area contributed by atoms with Crippen LogP contribution >= 0.6 is 0 Å². The van der Waals surface area contributed by atoms with Crippen LogP contribution in [0.3, 0.4) is 0 Å². The molecule has 1 aromatic rings. The van der Waals surface area contributed by atoms with Crippen molar-refractivity contribution in [3.63, 3.8) is 0 Å². The Morgan fingerprint density at radius 2 is 2.60 bits per heavy atom. The Kier molecular flexibility index (Phi) is 1.55. The zero-order chi connectivity index (χ0) is 7.56. The van der Waals surface area contributed by atoms with Gasteiger partial charge in [0.15, 0.2) is 12.2 Å². The molecule has 0 spiro atoms. The summed E-state index contributed by atoms with van der Waals surface area (Å²) in [5, 5.41) is 8.36. The van der Waals surface area contributed by atoms with Crippen LogP contribution in [0.2, 0.25) is 0 Å². The molecule has 0 aromatic carbocycles. The van der Waals surface area contributed by atoms with E-state index in [4.69, 9.17) is 10.9 Å². The lowest BCUT2D eigenvalue weighted by atomic mass is 10.5. The second-order valence-corrected chi connectivity index (χ2v) is 1.48. The van der Waals surface area contributed by atoms with Crippen molar-refractivity contribution in [2.45, 2.75) is 0 Å². The van der Waals surface area contributed by atoms with E-state index >= 15 is 0 Å². The summed E-state index contributed by atoms with van der Waals surface area (Å²) < 4.78 is 4.46. The van der Waals surface area contributed by atoms with Gasteiger partial charge in [0, 0.05) is 0 Å². The molecule has 6 heteroatoms. The van der Waals surface area contributed by atoms with Gasteiger partial charge in [0.2, 0.25) is 0 Å². The van der Waals surface area contributed by atoms with Gasteiger partial charge in [-0.15, -0.1) is 0 Å². The molecule has 0 amide bonds. The molecule has 0 atom stereocenters. The van der Waals surface area contributed by atoms with E-state index in [0.717, 1.165) is 6.39 Å². The largest absolute Gasteiger partial charge is 0.475 e. The number of nitrogen functional groups attached to an aromatic ring is 1. The van der Waals surface area contributed by atoms with E-state index in [1.807, 2.05) is 0 Å². The summed E-state index contributed by atoms with van der Waals surface area (Å²) in [5.74, 6) is 3.43. The molecule has 0 saturated carbocycles. The Labute approximate surface area is 55.6 Å². The number of aromatic carboxylic acids is 1. The third-order valence-electron chi connectivity index (χ3n) is 0.898. The highest BCUT2D eigenvalue weighted by atomic mass is 16.4. The predicted octanol–water partition coefficient (Wildman–Crippen LogP) is -0.342. The molecule has 6 nitrogen and oxygen atoms in total. The number of hydrogen-bond donors (Lipinski definition) is 3. The van der Waals surface area contributed by atoms with Crippen LogP contribution in [0.25, 0.3) is 0 Å². The first-order valence-corrected chi connectivity index (χ1v) is 2.39. The van der Waals surface area contributed by atoms with E-state index in [1.165, 1.54) is 0 Å². The van der Waals surface area contributed by atoms with Gasteiger partial charge in [-0.1, -0.05) is 0 Å². The quantitative estimate of drug-likeness (QED) is 0.386. The number of carboxylic acids is 1. The van der Waals surface area contributed by atoms with Gasteiger partial charge >= 0.3 is 5.97 Å². The van der Waals surface area contributed by atoms with Gasteiger partial charge in [-0.05, 0) is 0 Å². The average Bonchev–Trinajstić information content (AvgIpc) is 2.33. The summed E-state index contributed by atoms with van der Waals surface area (Å²) in [5.41, 5.74) is 2.07. The summed E-state index contributed by atoms with van der Waals surface area (Å²) in [7, 11) is 0. The number of aromatic nitrogens is 1. The zero-order valence-corrected chi connectivity index (χ0v) is 4.87. The lowest BCUT2D eigenvalue weighted by Gasteiger charge is -1.91. The first-order valence-electron chi connectivity index (χ1n) is 2.39. The molecule has 0 bridgehead atoms. The number of hydrazine groups is 1. The number of rotatable bonds is 2. The third kappa shape index (κ3) is 0.914. The van der Waals surface area contributed by atoms with E-state index in [1.54, 1.807) is 0 Å². The summed E-state index contributed by atoms with van der Waals surface area (Å²) in [6.07, 6.45) is 0.999. The number of carboxylic acid groups (broad SMARTS) is 1. The monoisotopic (exact) mass is 143 g/mol. The van der Waals surface area contributed by atoms with Crippen LogP contribution in [0.5, 0.6) is 0 Å². The van der Waals surface area contributed by atoms with Crippen molar-refractivity contribution in [1.29, 1.82) is 0 Å².